The largest absolute Gasteiger partial charge is 0.305 e. The normalized spacial score (nSPS) is 12.6. The van der Waals surface area contributed by atoms with Crippen molar-refractivity contribution in [3.8, 4) is 0 Å². The Morgan fingerprint density at radius 2 is 2.22 bits per heavy atom. The van der Waals surface area contributed by atoms with Crippen LogP contribution in [0, 0.1) is 0 Å². The summed E-state index contributed by atoms with van der Waals surface area (Å²) in [5, 5.41) is 6.45. The van der Waals surface area contributed by atoms with Crippen LogP contribution in [0.1, 0.15) is 29.8 Å². The van der Waals surface area contributed by atoms with E-state index in [1.165, 1.54) is 10.4 Å². The van der Waals surface area contributed by atoms with Gasteiger partial charge in [0, 0.05) is 21.9 Å². The third kappa shape index (κ3) is 3.58. The molecule has 0 aliphatic rings. The Bertz CT molecular complexity index is 499. The molecule has 18 heavy (non-hydrogen) atoms. The van der Waals surface area contributed by atoms with E-state index in [1.807, 2.05) is 12.1 Å². The van der Waals surface area contributed by atoms with Crippen LogP contribution in [-0.2, 0) is 6.54 Å². The molecule has 0 fully saturated rings. The molecule has 1 nitrogen and oxygen atoms in total. The average molecular weight is 345 g/mol. The first-order valence-electron chi connectivity index (χ1n) is 5.91. The second kappa shape index (κ2) is 6.71. The minimum absolute atomic E-state index is 0.424. The highest BCUT2D eigenvalue weighted by Gasteiger charge is 2.09. The Morgan fingerprint density at radius 1 is 1.39 bits per heavy atom. The van der Waals surface area contributed by atoms with Gasteiger partial charge < -0.3 is 5.32 Å². The van der Waals surface area contributed by atoms with Crippen LogP contribution in [0.25, 0.3) is 0 Å². The number of hydrogen-bond donors (Lipinski definition) is 1. The third-order valence-electron chi connectivity index (χ3n) is 2.83. The number of benzene rings is 1. The fraction of sp³-hybridized carbons (Fsp3) is 0.286. The van der Waals surface area contributed by atoms with E-state index >= 15 is 0 Å². The monoisotopic (exact) mass is 343 g/mol. The SMILES string of the molecule is CCC(NCc1ccc(Br)c(Cl)c1)c1cccs1. The van der Waals surface area contributed by atoms with Gasteiger partial charge in [-0.05, 0) is 51.5 Å². The minimum atomic E-state index is 0.424. The van der Waals surface area contributed by atoms with Gasteiger partial charge in [-0.25, -0.2) is 0 Å². The summed E-state index contributed by atoms with van der Waals surface area (Å²) in [5.41, 5.74) is 1.21. The predicted molar refractivity (Wildman–Crippen MR) is 83.3 cm³/mol. The maximum atomic E-state index is 6.09. The number of thiophene rings is 1. The standard InChI is InChI=1S/C14H15BrClNS/c1-2-13(14-4-3-7-18-14)17-9-10-5-6-11(15)12(16)8-10/h3-8,13,17H,2,9H2,1H3. The van der Waals surface area contributed by atoms with E-state index < -0.39 is 0 Å². The van der Waals surface area contributed by atoms with Gasteiger partial charge in [0.05, 0.1) is 5.02 Å². The molecule has 0 bridgehead atoms. The zero-order chi connectivity index (χ0) is 13.0. The molecule has 0 spiro atoms. The maximum absolute atomic E-state index is 6.09. The van der Waals surface area contributed by atoms with Crippen LogP contribution >= 0.6 is 38.9 Å². The van der Waals surface area contributed by atoms with Crippen LogP contribution in [0.2, 0.25) is 5.02 Å². The molecule has 0 aliphatic heterocycles. The van der Waals surface area contributed by atoms with Gasteiger partial charge in [-0.3, -0.25) is 0 Å². The first kappa shape index (κ1) is 14.1. The molecular formula is C14H15BrClNS. The Labute approximate surface area is 125 Å². The van der Waals surface area contributed by atoms with Crippen LogP contribution in [-0.4, -0.2) is 0 Å². The first-order valence-corrected chi connectivity index (χ1v) is 7.96. The topological polar surface area (TPSA) is 12.0 Å². The van der Waals surface area contributed by atoms with Crippen molar-refractivity contribution in [2.45, 2.75) is 25.9 Å². The van der Waals surface area contributed by atoms with Gasteiger partial charge >= 0.3 is 0 Å². The molecule has 96 valence electrons. The molecule has 0 aliphatic carbocycles. The zero-order valence-electron chi connectivity index (χ0n) is 10.1. The predicted octanol–water partition coefficient (Wildman–Crippen LogP) is 5.40. The second-order valence-corrected chi connectivity index (χ2v) is 6.35. The summed E-state index contributed by atoms with van der Waals surface area (Å²) >= 11 is 11.3. The average Bonchev–Trinajstić information content (AvgIpc) is 2.88. The summed E-state index contributed by atoms with van der Waals surface area (Å²) in [6, 6.07) is 10.8. The quantitative estimate of drug-likeness (QED) is 0.765. The van der Waals surface area contributed by atoms with E-state index in [2.05, 4.69) is 51.7 Å². The van der Waals surface area contributed by atoms with Gasteiger partial charge in [-0.1, -0.05) is 30.7 Å². The molecule has 1 N–H and O–H groups in total. The van der Waals surface area contributed by atoms with E-state index in [0.717, 1.165) is 22.5 Å². The van der Waals surface area contributed by atoms with Crippen molar-refractivity contribution in [3.63, 3.8) is 0 Å². The highest BCUT2D eigenvalue weighted by Crippen LogP contribution is 2.25. The minimum Gasteiger partial charge on any atom is -0.305 e. The molecule has 1 unspecified atom stereocenters. The van der Waals surface area contributed by atoms with Crippen molar-refractivity contribution in [3.05, 3.63) is 55.6 Å². The van der Waals surface area contributed by atoms with Crippen LogP contribution in [0.15, 0.2) is 40.2 Å². The second-order valence-electron chi connectivity index (χ2n) is 4.11. The van der Waals surface area contributed by atoms with Gasteiger partial charge in [-0.2, -0.15) is 0 Å². The van der Waals surface area contributed by atoms with Crippen molar-refractivity contribution in [1.29, 1.82) is 0 Å². The molecule has 0 amide bonds. The Hall–Kier alpha value is -0.350. The summed E-state index contributed by atoms with van der Waals surface area (Å²) < 4.78 is 0.943. The molecule has 1 aromatic heterocycles. The van der Waals surface area contributed by atoms with Crippen molar-refractivity contribution in [2.75, 3.05) is 0 Å². The van der Waals surface area contributed by atoms with E-state index in [9.17, 15) is 0 Å². The van der Waals surface area contributed by atoms with Gasteiger partial charge in [0.2, 0.25) is 0 Å². The molecule has 0 saturated carbocycles. The van der Waals surface area contributed by atoms with E-state index in [-0.39, 0.29) is 0 Å². The zero-order valence-corrected chi connectivity index (χ0v) is 13.3. The number of halogens is 2. The molecule has 2 rings (SSSR count). The maximum Gasteiger partial charge on any atom is 0.0551 e. The Balaban J connectivity index is 1.99. The van der Waals surface area contributed by atoms with E-state index in [1.54, 1.807) is 11.3 Å². The molecule has 4 heteroatoms. The Kier molecular flexibility index (Phi) is 5.25. The van der Waals surface area contributed by atoms with Crippen LogP contribution < -0.4 is 5.32 Å². The summed E-state index contributed by atoms with van der Waals surface area (Å²) in [5.74, 6) is 0. The van der Waals surface area contributed by atoms with Crippen LogP contribution in [0.5, 0.6) is 0 Å². The molecule has 0 radical (unpaired) electrons. The number of hydrogen-bond acceptors (Lipinski definition) is 2. The molecule has 2 aromatic rings. The van der Waals surface area contributed by atoms with E-state index in [4.69, 9.17) is 11.6 Å². The van der Waals surface area contributed by atoms with Crippen molar-refractivity contribution in [1.82, 2.24) is 5.32 Å². The van der Waals surface area contributed by atoms with Gasteiger partial charge in [-0.15, -0.1) is 11.3 Å². The summed E-state index contributed by atoms with van der Waals surface area (Å²) in [6.07, 6.45) is 1.09. The lowest BCUT2D eigenvalue weighted by molar-refractivity contribution is 0.526. The molecule has 1 heterocycles. The number of nitrogens with one attached hydrogen (secondary N) is 1. The highest BCUT2D eigenvalue weighted by atomic mass is 79.9. The van der Waals surface area contributed by atoms with E-state index in [0.29, 0.717) is 6.04 Å². The molecule has 1 aromatic carbocycles. The highest BCUT2D eigenvalue weighted by molar-refractivity contribution is 9.10. The number of rotatable bonds is 5. The van der Waals surface area contributed by atoms with Gasteiger partial charge in [0.25, 0.3) is 0 Å². The summed E-state index contributed by atoms with van der Waals surface area (Å²) in [7, 11) is 0. The van der Waals surface area contributed by atoms with Gasteiger partial charge in [0.15, 0.2) is 0 Å². The lowest BCUT2D eigenvalue weighted by atomic mass is 10.1. The fourth-order valence-electron chi connectivity index (χ4n) is 1.83. The Morgan fingerprint density at radius 3 is 2.83 bits per heavy atom. The molecule has 0 saturated heterocycles. The lowest BCUT2D eigenvalue weighted by Crippen LogP contribution is -2.19. The van der Waals surface area contributed by atoms with Crippen LogP contribution in [0.3, 0.4) is 0 Å². The fourth-order valence-corrected chi connectivity index (χ4v) is 3.16. The molecule has 1 atom stereocenters. The van der Waals surface area contributed by atoms with Crippen molar-refractivity contribution < 1.29 is 0 Å². The first-order chi connectivity index (χ1) is 8.70. The van der Waals surface area contributed by atoms with Crippen molar-refractivity contribution >= 4 is 38.9 Å². The lowest BCUT2D eigenvalue weighted by Gasteiger charge is -2.15. The van der Waals surface area contributed by atoms with Crippen molar-refractivity contribution in [2.24, 2.45) is 0 Å². The summed E-state index contributed by atoms with van der Waals surface area (Å²) in [4.78, 5) is 1.39. The smallest absolute Gasteiger partial charge is 0.0551 e. The van der Waals surface area contributed by atoms with Gasteiger partial charge in [0.1, 0.15) is 0 Å². The third-order valence-corrected chi connectivity index (χ3v) is 5.05. The molecular weight excluding hydrogens is 330 g/mol. The van der Waals surface area contributed by atoms with Crippen LogP contribution in [0.4, 0.5) is 0 Å². The summed E-state index contributed by atoms with van der Waals surface area (Å²) in [6.45, 7) is 3.04.